The minimum absolute atomic E-state index is 0.157. The van der Waals surface area contributed by atoms with Gasteiger partial charge in [0.1, 0.15) is 11.7 Å². The van der Waals surface area contributed by atoms with E-state index in [4.69, 9.17) is 5.14 Å². The molecule has 1 unspecified atom stereocenters. The van der Waals surface area contributed by atoms with Crippen LogP contribution in [0.5, 0.6) is 0 Å². The summed E-state index contributed by atoms with van der Waals surface area (Å²) in [5.41, 5.74) is 1.29. The van der Waals surface area contributed by atoms with Gasteiger partial charge in [-0.1, -0.05) is 36.4 Å². The molecule has 1 atom stereocenters. The predicted octanol–water partition coefficient (Wildman–Crippen LogP) is 2.07. The molecule has 8 nitrogen and oxygen atoms in total. The number of benzene rings is 2. The van der Waals surface area contributed by atoms with Crippen molar-refractivity contribution in [2.45, 2.75) is 10.9 Å². The first-order valence-corrected chi connectivity index (χ1v) is 10.2. The third-order valence-electron chi connectivity index (χ3n) is 4.54. The van der Waals surface area contributed by atoms with Crippen LogP contribution in [0.25, 0.3) is 0 Å². The van der Waals surface area contributed by atoms with Crippen LogP contribution < -0.4 is 15.4 Å². The summed E-state index contributed by atoms with van der Waals surface area (Å²) in [6, 6.07) is 16.8. The van der Waals surface area contributed by atoms with Crippen molar-refractivity contribution in [3.63, 3.8) is 0 Å². The minimum atomic E-state index is -3.98. The molecule has 29 heavy (non-hydrogen) atoms. The Morgan fingerprint density at radius 1 is 1.03 bits per heavy atom. The molecule has 4 rings (SSSR count). The average Bonchev–Trinajstić information content (AvgIpc) is 2.72. The second kappa shape index (κ2) is 7.12. The molecular formula is C20H16N4O4S. The average molecular weight is 408 g/mol. The van der Waals surface area contributed by atoms with Crippen molar-refractivity contribution in [1.82, 2.24) is 4.98 Å². The van der Waals surface area contributed by atoms with Gasteiger partial charge in [-0.25, -0.2) is 13.6 Å². The van der Waals surface area contributed by atoms with Crippen LogP contribution in [0.2, 0.25) is 0 Å². The van der Waals surface area contributed by atoms with E-state index < -0.39 is 27.9 Å². The maximum atomic E-state index is 13.3. The van der Waals surface area contributed by atoms with Crippen molar-refractivity contribution >= 4 is 33.2 Å². The summed E-state index contributed by atoms with van der Waals surface area (Å²) in [7, 11) is -3.98. The quantitative estimate of drug-likeness (QED) is 0.687. The molecule has 0 radical (unpaired) electrons. The van der Waals surface area contributed by atoms with Crippen LogP contribution in [0.15, 0.2) is 77.8 Å². The third kappa shape index (κ3) is 3.48. The van der Waals surface area contributed by atoms with Gasteiger partial charge < -0.3 is 5.32 Å². The second-order valence-electron chi connectivity index (χ2n) is 6.42. The zero-order valence-electron chi connectivity index (χ0n) is 15.0. The fourth-order valence-corrected chi connectivity index (χ4v) is 3.77. The lowest BCUT2D eigenvalue weighted by Crippen LogP contribution is -2.45. The lowest BCUT2D eigenvalue weighted by Gasteiger charge is -2.36. The molecule has 0 saturated carbocycles. The van der Waals surface area contributed by atoms with Gasteiger partial charge in [-0.3, -0.25) is 19.5 Å². The third-order valence-corrected chi connectivity index (χ3v) is 5.45. The number of nitrogens with one attached hydrogen (secondary N) is 1. The van der Waals surface area contributed by atoms with Gasteiger partial charge in [0.25, 0.3) is 11.8 Å². The van der Waals surface area contributed by atoms with Crippen LogP contribution in [0.3, 0.4) is 0 Å². The number of hydrogen-bond acceptors (Lipinski definition) is 5. The van der Waals surface area contributed by atoms with Gasteiger partial charge in [-0.05, 0) is 35.9 Å². The molecule has 2 amide bonds. The highest BCUT2D eigenvalue weighted by Gasteiger charge is 2.39. The van der Waals surface area contributed by atoms with Gasteiger partial charge in [-0.2, -0.15) is 0 Å². The Hall–Kier alpha value is -3.56. The second-order valence-corrected chi connectivity index (χ2v) is 7.98. The molecule has 9 heteroatoms. The molecule has 1 aliphatic heterocycles. The van der Waals surface area contributed by atoms with Crippen molar-refractivity contribution in [2.24, 2.45) is 5.14 Å². The highest BCUT2D eigenvalue weighted by Crippen LogP contribution is 2.40. The van der Waals surface area contributed by atoms with Gasteiger partial charge in [0.2, 0.25) is 10.0 Å². The molecule has 3 aromatic rings. The van der Waals surface area contributed by atoms with Crippen molar-refractivity contribution in [3.8, 4) is 0 Å². The maximum Gasteiger partial charge on any atom is 0.277 e. The first kappa shape index (κ1) is 18.8. The lowest BCUT2D eigenvalue weighted by molar-refractivity contribution is -0.117. The molecule has 3 N–H and O–H groups in total. The number of fused-ring (bicyclic) bond motifs is 1. The molecule has 0 saturated heterocycles. The summed E-state index contributed by atoms with van der Waals surface area (Å²) >= 11 is 0. The Balaban J connectivity index is 1.90. The number of primary sulfonamides is 1. The van der Waals surface area contributed by atoms with Crippen molar-refractivity contribution < 1.29 is 18.0 Å². The van der Waals surface area contributed by atoms with E-state index in [0.717, 1.165) is 0 Å². The molecule has 0 bridgehead atoms. The molecule has 1 aromatic heterocycles. The van der Waals surface area contributed by atoms with E-state index in [0.29, 0.717) is 11.3 Å². The predicted molar refractivity (Wildman–Crippen MR) is 107 cm³/mol. The van der Waals surface area contributed by atoms with E-state index in [1.165, 1.54) is 29.3 Å². The van der Waals surface area contributed by atoms with Crippen molar-refractivity contribution in [2.75, 3.05) is 10.2 Å². The van der Waals surface area contributed by atoms with Crippen LogP contribution in [-0.2, 0) is 14.8 Å². The number of pyridine rings is 1. The summed E-state index contributed by atoms with van der Waals surface area (Å²) in [4.78, 5) is 31.5. The topological polar surface area (TPSA) is 122 Å². The number of carbonyl (C=O) groups excluding carboxylic acids is 2. The minimum Gasteiger partial charge on any atom is -0.322 e. The molecule has 2 heterocycles. The zero-order chi connectivity index (χ0) is 20.6. The highest BCUT2D eigenvalue weighted by atomic mass is 32.2. The van der Waals surface area contributed by atoms with Crippen LogP contribution in [0, 0.1) is 0 Å². The van der Waals surface area contributed by atoms with E-state index in [2.05, 4.69) is 10.3 Å². The van der Waals surface area contributed by atoms with Gasteiger partial charge >= 0.3 is 0 Å². The van der Waals surface area contributed by atoms with Gasteiger partial charge in [0, 0.05) is 6.20 Å². The van der Waals surface area contributed by atoms with Crippen molar-refractivity contribution in [1.29, 1.82) is 0 Å². The largest absolute Gasteiger partial charge is 0.322 e. The Labute approximate surface area is 167 Å². The molecule has 1 aliphatic rings. The van der Waals surface area contributed by atoms with Gasteiger partial charge in [0.05, 0.1) is 16.3 Å². The van der Waals surface area contributed by atoms with Gasteiger partial charge in [0.15, 0.2) is 0 Å². The number of rotatable bonds is 3. The number of nitrogens with two attached hydrogens (primary N) is 1. The lowest BCUT2D eigenvalue weighted by atomic mass is 9.99. The molecule has 0 aliphatic carbocycles. The molecule has 0 spiro atoms. The van der Waals surface area contributed by atoms with Crippen LogP contribution in [-0.4, -0.2) is 25.2 Å². The zero-order valence-corrected chi connectivity index (χ0v) is 15.8. The Bertz CT molecular complexity index is 1200. The van der Waals surface area contributed by atoms with Gasteiger partial charge in [-0.15, -0.1) is 0 Å². The summed E-state index contributed by atoms with van der Waals surface area (Å²) in [6.45, 7) is 0. The number of anilines is 2. The van der Waals surface area contributed by atoms with E-state index in [1.54, 1.807) is 42.5 Å². The SMILES string of the molecule is NS(=O)(=O)c1ccc2c(c1)NC(=O)C(c1ccccc1)N2C(=O)c1ccccn1. The Morgan fingerprint density at radius 3 is 2.41 bits per heavy atom. The monoisotopic (exact) mass is 408 g/mol. The molecule has 0 fully saturated rings. The number of carbonyl (C=O) groups is 2. The van der Waals surface area contributed by atoms with Crippen LogP contribution >= 0.6 is 0 Å². The molecule has 2 aromatic carbocycles. The Morgan fingerprint density at radius 2 is 1.76 bits per heavy atom. The van der Waals surface area contributed by atoms with E-state index in [1.807, 2.05) is 6.07 Å². The standard InChI is InChI=1S/C20H16N4O4S/c21-29(27,28)14-9-10-17-16(12-14)23-19(25)18(13-6-2-1-3-7-13)24(17)20(26)15-8-4-5-11-22-15/h1-12,18H,(H,23,25)(H2,21,27,28). The maximum absolute atomic E-state index is 13.3. The normalized spacial score (nSPS) is 16.1. The fourth-order valence-electron chi connectivity index (χ4n) is 3.23. The Kier molecular flexibility index (Phi) is 4.61. The van der Waals surface area contributed by atoms with Crippen LogP contribution in [0.1, 0.15) is 22.1 Å². The summed E-state index contributed by atoms with van der Waals surface area (Å²) in [5, 5.41) is 7.88. The van der Waals surface area contributed by atoms with E-state index in [9.17, 15) is 18.0 Å². The number of aromatic nitrogens is 1. The summed E-state index contributed by atoms with van der Waals surface area (Å²) < 4.78 is 23.4. The van der Waals surface area contributed by atoms with E-state index >= 15 is 0 Å². The van der Waals surface area contributed by atoms with Crippen molar-refractivity contribution in [3.05, 3.63) is 84.2 Å². The summed E-state index contributed by atoms with van der Waals surface area (Å²) in [5.74, 6) is -0.960. The summed E-state index contributed by atoms with van der Waals surface area (Å²) in [6.07, 6.45) is 1.49. The van der Waals surface area contributed by atoms with E-state index in [-0.39, 0.29) is 16.3 Å². The molecular weight excluding hydrogens is 392 g/mol. The number of amides is 2. The van der Waals surface area contributed by atoms with Crippen LogP contribution in [0.4, 0.5) is 11.4 Å². The molecule has 146 valence electrons. The first-order chi connectivity index (χ1) is 13.9. The smallest absolute Gasteiger partial charge is 0.277 e. The fraction of sp³-hybridized carbons (Fsp3) is 0.0500. The number of sulfonamides is 1. The first-order valence-electron chi connectivity index (χ1n) is 8.63. The number of nitrogens with zero attached hydrogens (tertiary/aromatic N) is 2. The highest BCUT2D eigenvalue weighted by molar-refractivity contribution is 7.89. The number of hydrogen-bond donors (Lipinski definition) is 2.